The van der Waals surface area contributed by atoms with Gasteiger partial charge in [-0.25, -0.2) is 0 Å². The summed E-state index contributed by atoms with van der Waals surface area (Å²) in [5.74, 6) is -0.874. The lowest BCUT2D eigenvalue weighted by Gasteiger charge is -2.12. The van der Waals surface area contributed by atoms with E-state index in [1.165, 1.54) is 17.1 Å². The van der Waals surface area contributed by atoms with Crippen LogP contribution in [-0.4, -0.2) is 38.6 Å². The molecule has 0 saturated heterocycles. The van der Waals surface area contributed by atoms with Crippen LogP contribution in [0.3, 0.4) is 0 Å². The average Bonchev–Trinajstić information content (AvgIpc) is 3.18. The Morgan fingerprint density at radius 3 is 2.74 bits per heavy atom. The molecular formula is C17H14Cl2N6O2. The highest BCUT2D eigenvalue weighted by atomic mass is 35.5. The number of amides is 2. The van der Waals surface area contributed by atoms with E-state index in [0.717, 1.165) is 5.56 Å². The minimum absolute atomic E-state index is 0.230. The zero-order chi connectivity index (χ0) is 19.4. The fourth-order valence-electron chi connectivity index (χ4n) is 2.35. The summed E-state index contributed by atoms with van der Waals surface area (Å²) in [6.45, 7) is 1.56. The largest absolute Gasteiger partial charge is 0.343 e. The van der Waals surface area contributed by atoms with Crippen LogP contribution >= 0.6 is 23.2 Å². The van der Waals surface area contributed by atoms with Gasteiger partial charge in [0.25, 0.3) is 5.91 Å². The van der Waals surface area contributed by atoms with Crippen molar-refractivity contribution in [1.82, 2.24) is 25.5 Å². The third-order valence-electron chi connectivity index (χ3n) is 3.75. The quantitative estimate of drug-likeness (QED) is 0.680. The number of nitrogens with zero attached hydrogens (tertiary/aromatic N) is 4. The van der Waals surface area contributed by atoms with E-state index in [1.807, 2.05) is 0 Å². The van der Waals surface area contributed by atoms with Crippen LogP contribution in [0, 0.1) is 6.92 Å². The zero-order valence-electron chi connectivity index (χ0n) is 14.1. The molecule has 8 nitrogen and oxygen atoms in total. The van der Waals surface area contributed by atoms with Crippen LogP contribution in [0.15, 0.2) is 42.7 Å². The van der Waals surface area contributed by atoms with Crippen molar-refractivity contribution in [1.29, 1.82) is 0 Å². The van der Waals surface area contributed by atoms with E-state index in [1.54, 1.807) is 37.3 Å². The Kier molecular flexibility index (Phi) is 5.68. The number of halogens is 2. The van der Waals surface area contributed by atoms with Crippen molar-refractivity contribution in [2.24, 2.45) is 0 Å². The van der Waals surface area contributed by atoms with Gasteiger partial charge in [0.05, 0.1) is 17.8 Å². The highest BCUT2D eigenvalue weighted by Crippen LogP contribution is 2.23. The Hall–Kier alpha value is -2.97. The van der Waals surface area contributed by atoms with Gasteiger partial charge < -0.3 is 10.6 Å². The molecule has 1 aromatic heterocycles. The Morgan fingerprint density at radius 1 is 1.19 bits per heavy atom. The second-order valence-electron chi connectivity index (χ2n) is 5.56. The molecule has 2 aromatic carbocycles. The summed E-state index contributed by atoms with van der Waals surface area (Å²) < 4.78 is 1.33. The van der Waals surface area contributed by atoms with Crippen LogP contribution in [0.25, 0.3) is 5.69 Å². The highest BCUT2D eigenvalue weighted by molar-refractivity contribution is 6.32. The molecule has 138 valence electrons. The molecule has 0 atom stereocenters. The predicted molar refractivity (Wildman–Crippen MR) is 101 cm³/mol. The SMILES string of the molecule is Cc1c(Cl)cccc1NC(=O)CNC(=O)c1cc(Cl)ccc1-n1cnnn1. The van der Waals surface area contributed by atoms with Gasteiger partial charge >= 0.3 is 0 Å². The van der Waals surface area contributed by atoms with Gasteiger partial charge in [0, 0.05) is 15.7 Å². The van der Waals surface area contributed by atoms with Crippen LogP contribution < -0.4 is 10.6 Å². The number of hydrogen-bond acceptors (Lipinski definition) is 5. The summed E-state index contributed by atoms with van der Waals surface area (Å²) >= 11 is 12.0. The summed E-state index contributed by atoms with van der Waals surface area (Å²) in [7, 11) is 0. The first-order valence-corrected chi connectivity index (χ1v) is 8.57. The van der Waals surface area contributed by atoms with Crippen molar-refractivity contribution < 1.29 is 9.59 Å². The number of anilines is 1. The molecule has 27 heavy (non-hydrogen) atoms. The van der Waals surface area contributed by atoms with E-state index < -0.39 is 5.91 Å². The lowest BCUT2D eigenvalue weighted by Crippen LogP contribution is -2.33. The summed E-state index contributed by atoms with van der Waals surface area (Å²) in [6, 6.07) is 9.90. The zero-order valence-corrected chi connectivity index (χ0v) is 15.6. The van der Waals surface area contributed by atoms with Gasteiger partial charge in [0.15, 0.2) is 0 Å². The summed E-state index contributed by atoms with van der Waals surface area (Å²) in [4.78, 5) is 24.7. The number of aromatic nitrogens is 4. The molecule has 0 unspecified atom stereocenters. The Bertz CT molecular complexity index is 991. The van der Waals surface area contributed by atoms with Crippen LogP contribution in [-0.2, 0) is 4.79 Å². The van der Waals surface area contributed by atoms with Crippen LogP contribution in [0.1, 0.15) is 15.9 Å². The molecule has 10 heteroatoms. The second-order valence-corrected chi connectivity index (χ2v) is 6.40. The van der Waals surface area contributed by atoms with Gasteiger partial charge in [-0.2, -0.15) is 4.68 Å². The third kappa shape index (κ3) is 4.42. The fourth-order valence-corrected chi connectivity index (χ4v) is 2.70. The second kappa shape index (κ2) is 8.15. The Balaban J connectivity index is 1.70. The summed E-state index contributed by atoms with van der Waals surface area (Å²) in [5.41, 5.74) is 2.00. The predicted octanol–water partition coefficient (Wildman–Crippen LogP) is 2.65. The molecular weight excluding hydrogens is 391 g/mol. The van der Waals surface area contributed by atoms with Gasteiger partial charge in [-0.3, -0.25) is 9.59 Å². The van der Waals surface area contributed by atoms with Gasteiger partial charge in [-0.1, -0.05) is 29.3 Å². The maximum Gasteiger partial charge on any atom is 0.253 e. The highest BCUT2D eigenvalue weighted by Gasteiger charge is 2.16. The van der Waals surface area contributed by atoms with Gasteiger partial charge in [0.1, 0.15) is 6.33 Å². The van der Waals surface area contributed by atoms with E-state index in [0.29, 0.717) is 21.4 Å². The van der Waals surface area contributed by atoms with Crippen molar-refractivity contribution in [3.8, 4) is 5.69 Å². The number of nitrogens with one attached hydrogen (secondary N) is 2. The molecule has 3 aromatic rings. The first-order valence-electron chi connectivity index (χ1n) is 7.82. The molecule has 0 aliphatic rings. The lowest BCUT2D eigenvalue weighted by atomic mass is 10.1. The minimum Gasteiger partial charge on any atom is -0.343 e. The minimum atomic E-state index is -0.485. The number of tetrazole rings is 1. The van der Waals surface area contributed by atoms with E-state index >= 15 is 0 Å². The number of benzene rings is 2. The van der Waals surface area contributed by atoms with Crippen LogP contribution in [0.5, 0.6) is 0 Å². The van der Waals surface area contributed by atoms with Crippen LogP contribution in [0.2, 0.25) is 10.0 Å². The number of hydrogen-bond donors (Lipinski definition) is 2. The average molecular weight is 405 g/mol. The van der Waals surface area contributed by atoms with E-state index in [9.17, 15) is 9.59 Å². The summed E-state index contributed by atoms with van der Waals surface area (Å²) in [5, 5.41) is 17.1. The first kappa shape index (κ1) is 18.8. The molecule has 2 N–H and O–H groups in total. The first-order chi connectivity index (χ1) is 13.0. The smallest absolute Gasteiger partial charge is 0.253 e. The topological polar surface area (TPSA) is 102 Å². The van der Waals surface area contributed by atoms with Gasteiger partial charge in [-0.05, 0) is 53.2 Å². The van der Waals surface area contributed by atoms with E-state index in [4.69, 9.17) is 23.2 Å². The molecule has 3 rings (SSSR count). The monoisotopic (exact) mass is 404 g/mol. The maximum absolute atomic E-state index is 12.5. The lowest BCUT2D eigenvalue weighted by molar-refractivity contribution is -0.115. The Morgan fingerprint density at radius 2 is 2.00 bits per heavy atom. The standard InChI is InChI=1S/C17H14Cl2N6O2/c1-10-13(19)3-2-4-14(10)22-16(26)8-20-17(27)12-7-11(18)5-6-15(12)25-9-21-23-24-25/h2-7,9H,8H2,1H3,(H,20,27)(H,22,26). The van der Waals surface area contributed by atoms with Crippen molar-refractivity contribution in [3.05, 3.63) is 63.9 Å². The molecule has 0 aliphatic carbocycles. The molecule has 2 amide bonds. The van der Waals surface area contributed by atoms with Crippen LogP contribution in [0.4, 0.5) is 5.69 Å². The van der Waals surface area contributed by atoms with Crippen molar-refractivity contribution in [2.45, 2.75) is 6.92 Å². The van der Waals surface area contributed by atoms with Gasteiger partial charge in [0.2, 0.25) is 5.91 Å². The Labute approximate surface area is 164 Å². The number of carbonyl (C=O) groups is 2. The van der Waals surface area contributed by atoms with Crippen molar-refractivity contribution >= 4 is 40.7 Å². The summed E-state index contributed by atoms with van der Waals surface area (Å²) in [6.07, 6.45) is 1.36. The molecule has 0 spiro atoms. The van der Waals surface area contributed by atoms with Crippen molar-refractivity contribution in [3.63, 3.8) is 0 Å². The number of rotatable bonds is 5. The number of carbonyl (C=O) groups excluding carboxylic acids is 2. The maximum atomic E-state index is 12.5. The fraction of sp³-hybridized carbons (Fsp3) is 0.118. The van der Waals surface area contributed by atoms with E-state index in [2.05, 4.69) is 26.2 Å². The molecule has 0 fully saturated rings. The molecule has 0 bridgehead atoms. The van der Waals surface area contributed by atoms with E-state index in [-0.39, 0.29) is 18.0 Å². The molecule has 0 saturated carbocycles. The third-order valence-corrected chi connectivity index (χ3v) is 4.39. The molecule has 0 aliphatic heterocycles. The molecule has 0 radical (unpaired) electrons. The normalized spacial score (nSPS) is 10.5. The van der Waals surface area contributed by atoms with Gasteiger partial charge in [-0.15, -0.1) is 5.10 Å². The molecule has 1 heterocycles. The van der Waals surface area contributed by atoms with Crippen molar-refractivity contribution in [2.75, 3.05) is 11.9 Å².